The number of carbonyl (C=O) groups is 2. The topological polar surface area (TPSA) is 125 Å². The first kappa shape index (κ1) is 14.5. The zero-order valence-corrected chi connectivity index (χ0v) is 11.2. The molecular weight excluding hydrogens is 278 g/mol. The van der Waals surface area contributed by atoms with E-state index < -0.39 is 10.9 Å². The monoisotopic (exact) mass is 291 g/mol. The van der Waals surface area contributed by atoms with Gasteiger partial charge in [-0.3, -0.25) is 14.9 Å². The van der Waals surface area contributed by atoms with Crippen LogP contribution in [0.5, 0.6) is 0 Å². The molecule has 0 aliphatic rings. The summed E-state index contributed by atoms with van der Waals surface area (Å²) >= 11 is 0. The van der Waals surface area contributed by atoms with E-state index in [1.165, 1.54) is 25.1 Å². The van der Waals surface area contributed by atoms with Gasteiger partial charge in [-0.25, -0.2) is 4.79 Å². The number of non-ortho nitro benzene ring substituents is 1. The van der Waals surface area contributed by atoms with Gasteiger partial charge in [-0.05, 0) is 18.1 Å². The molecule has 2 rings (SSSR count). The van der Waals surface area contributed by atoms with Gasteiger partial charge in [0.05, 0.1) is 4.92 Å². The molecule has 0 unspecified atom stereocenters. The Balaban J connectivity index is 2.48. The van der Waals surface area contributed by atoms with E-state index in [4.69, 9.17) is 0 Å². The summed E-state index contributed by atoms with van der Waals surface area (Å²) in [7, 11) is 0. The number of aromatic carboxylic acids is 1. The van der Waals surface area contributed by atoms with Crippen molar-refractivity contribution < 1.29 is 19.6 Å². The molecule has 1 amide bonds. The van der Waals surface area contributed by atoms with Crippen molar-refractivity contribution in [1.82, 2.24) is 10.3 Å². The van der Waals surface area contributed by atoms with Gasteiger partial charge in [0.1, 0.15) is 5.69 Å². The third-order valence-electron chi connectivity index (χ3n) is 3.06. The van der Waals surface area contributed by atoms with E-state index in [1.54, 1.807) is 0 Å². The van der Waals surface area contributed by atoms with Crippen molar-refractivity contribution in [3.8, 4) is 0 Å². The summed E-state index contributed by atoms with van der Waals surface area (Å²) in [5.74, 6) is -1.37. The van der Waals surface area contributed by atoms with E-state index in [0.29, 0.717) is 16.5 Å². The molecule has 0 bridgehead atoms. The van der Waals surface area contributed by atoms with Crippen LogP contribution in [0.3, 0.4) is 0 Å². The molecule has 110 valence electrons. The van der Waals surface area contributed by atoms with Gasteiger partial charge < -0.3 is 15.4 Å². The van der Waals surface area contributed by atoms with Crippen LogP contribution in [-0.2, 0) is 11.2 Å². The second-order valence-electron chi connectivity index (χ2n) is 4.50. The minimum Gasteiger partial charge on any atom is -0.477 e. The summed E-state index contributed by atoms with van der Waals surface area (Å²) in [6.45, 7) is 1.61. The lowest BCUT2D eigenvalue weighted by atomic mass is 10.1. The first-order chi connectivity index (χ1) is 9.90. The van der Waals surface area contributed by atoms with Gasteiger partial charge in [0, 0.05) is 36.5 Å². The summed E-state index contributed by atoms with van der Waals surface area (Å²) in [5, 5.41) is 23.1. The second kappa shape index (κ2) is 5.61. The molecule has 1 heterocycles. The molecule has 2 aromatic rings. The molecule has 1 aromatic heterocycles. The zero-order valence-electron chi connectivity index (χ0n) is 11.2. The number of carboxylic acids is 1. The minimum atomic E-state index is -1.15. The van der Waals surface area contributed by atoms with Crippen LogP contribution in [0, 0.1) is 10.1 Å². The fraction of sp³-hybridized carbons (Fsp3) is 0.231. The van der Waals surface area contributed by atoms with Crippen molar-refractivity contribution in [2.75, 3.05) is 6.54 Å². The molecule has 0 aliphatic carbocycles. The summed E-state index contributed by atoms with van der Waals surface area (Å²) < 4.78 is 0. The molecule has 0 spiro atoms. The molecule has 0 atom stereocenters. The number of nitrogens with zero attached hydrogens (tertiary/aromatic N) is 1. The van der Waals surface area contributed by atoms with Crippen LogP contribution in [0.1, 0.15) is 23.0 Å². The number of aromatic nitrogens is 1. The van der Waals surface area contributed by atoms with E-state index >= 15 is 0 Å². The van der Waals surface area contributed by atoms with Gasteiger partial charge in [0.15, 0.2) is 0 Å². The van der Waals surface area contributed by atoms with Crippen molar-refractivity contribution in [2.45, 2.75) is 13.3 Å². The van der Waals surface area contributed by atoms with Crippen LogP contribution in [0.25, 0.3) is 10.9 Å². The van der Waals surface area contributed by atoms with Crippen molar-refractivity contribution in [3.05, 3.63) is 39.6 Å². The third-order valence-corrected chi connectivity index (χ3v) is 3.06. The Morgan fingerprint density at radius 1 is 1.43 bits per heavy atom. The number of carboxylic acid groups (broad SMARTS) is 1. The Hall–Kier alpha value is -2.90. The molecule has 8 heteroatoms. The lowest BCUT2D eigenvalue weighted by Gasteiger charge is -2.03. The maximum absolute atomic E-state index is 11.3. The number of nitro groups is 1. The summed E-state index contributed by atoms with van der Waals surface area (Å²) in [5.41, 5.74) is 0.820. The summed E-state index contributed by atoms with van der Waals surface area (Å²) in [6.07, 6.45) is 0.266. The number of H-pyrrole nitrogens is 1. The summed E-state index contributed by atoms with van der Waals surface area (Å²) in [4.78, 5) is 35.1. The number of aromatic amines is 1. The molecule has 8 nitrogen and oxygen atoms in total. The van der Waals surface area contributed by atoms with Crippen molar-refractivity contribution in [3.63, 3.8) is 0 Å². The van der Waals surface area contributed by atoms with Gasteiger partial charge >= 0.3 is 5.97 Å². The number of hydrogen-bond acceptors (Lipinski definition) is 4. The van der Waals surface area contributed by atoms with E-state index in [9.17, 15) is 24.8 Å². The van der Waals surface area contributed by atoms with Crippen LogP contribution in [0.15, 0.2) is 18.2 Å². The highest BCUT2D eigenvalue weighted by Gasteiger charge is 2.19. The lowest BCUT2D eigenvalue weighted by Crippen LogP contribution is -2.22. The van der Waals surface area contributed by atoms with Gasteiger partial charge in [-0.15, -0.1) is 0 Å². The van der Waals surface area contributed by atoms with Gasteiger partial charge in [0.2, 0.25) is 5.91 Å². The SMILES string of the molecule is CC(=O)NCCc1c(C(=O)O)[nH]c2ccc([N+](=O)[O-])cc12. The number of amides is 1. The Bertz CT molecular complexity index is 735. The number of nitro benzene ring substituents is 1. The number of carbonyl (C=O) groups excluding carboxylic acids is 1. The Kier molecular flexibility index (Phi) is 3.88. The average Bonchev–Trinajstić information content (AvgIpc) is 2.76. The third kappa shape index (κ3) is 2.99. The normalized spacial score (nSPS) is 10.5. The van der Waals surface area contributed by atoms with E-state index in [2.05, 4.69) is 10.3 Å². The van der Waals surface area contributed by atoms with Crippen LogP contribution in [0.2, 0.25) is 0 Å². The van der Waals surface area contributed by atoms with Gasteiger partial charge in [0.25, 0.3) is 5.69 Å². The number of rotatable bonds is 5. The fourth-order valence-electron chi connectivity index (χ4n) is 2.16. The highest BCUT2D eigenvalue weighted by atomic mass is 16.6. The zero-order chi connectivity index (χ0) is 15.6. The Labute approximate surface area is 118 Å². The molecule has 0 radical (unpaired) electrons. The highest BCUT2D eigenvalue weighted by Crippen LogP contribution is 2.27. The van der Waals surface area contributed by atoms with Crippen molar-refractivity contribution in [2.24, 2.45) is 0 Å². The molecular formula is C13H13N3O5. The molecule has 0 saturated heterocycles. The first-order valence-corrected chi connectivity index (χ1v) is 6.17. The summed E-state index contributed by atoms with van der Waals surface area (Å²) in [6, 6.07) is 4.12. The van der Waals surface area contributed by atoms with Gasteiger partial charge in [-0.1, -0.05) is 0 Å². The van der Waals surface area contributed by atoms with Crippen LogP contribution in [-0.4, -0.2) is 33.4 Å². The maximum Gasteiger partial charge on any atom is 0.352 e. The fourth-order valence-corrected chi connectivity index (χ4v) is 2.16. The van der Waals surface area contributed by atoms with E-state index in [0.717, 1.165) is 0 Å². The van der Waals surface area contributed by atoms with E-state index in [-0.39, 0.29) is 30.3 Å². The molecule has 1 aromatic carbocycles. The smallest absolute Gasteiger partial charge is 0.352 e. The maximum atomic E-state index is 11.3. The number of benzene rings is 1. The molecule has 21 heavy (non-hydrogen) atoms. The van der Waals surface area contributed by atoms with Gasteiger partial charge in [-0.2, -0.15) is 0 Å². The number of hydrogen-bond donors (Lipinski definition) is 3. The number of fused-ring (bicyclic) bond motifs is 1. The molecule has 0 aliphatic heterocycles. The quantitative estimate of drug-likeness (QED) is 0.568. The molecule has 0 saturated carbocycles. The lowest BCUT2D eigenvalue weighted by molar-refractivity contribution is -0.384. The predicted molar refractivity (Wildman–Crippen MR) is 74.3 cm³/mol. The number of nitrogens with one attached hydrogen (secondary N) is 2. The standard InChI is InChI=1S/C13H13N3O5/c1-7(17)14-5-4-9-10-6-8(16(20)21)2-3-11(10)15-12(9)13(18)19/h2-3,6,15H,4-5H2,1H3,(H,14,17)(H,18,19). The first-order valence-electron chi connectivity index (χ1n) is 6.17. The van der Waals surface area contributed by atoms with E-state index in [1.807, 2.05) is 0 Å². The van der Waals surface area contributed by atoms with Crippen LogP contribution in [0.4, 0.5) is 5.69 Å². The van der Waals surface area contributed by atoms with Crippen molar-refractivity contribution >= 4 is 28.5 Å². The van der Waals surface area contributed by atoms with Crippen LogP contribution < -0.4 is 5.32 Å². The average molecular weight is 291 g/mol. The highest BCUT2D eigenvalue weighted by molar-refractivity contribution is 5.98. The second-order valence-corrected chi connectivity index (χ2v) is 4.50. The Morgan fingerprint density at radius 2 is 2.14 bits per heavy atom. The Morgan fingerprint density at radius 3 is 2.71 bits per heavy atom. The largest absolute Gasteiger partial charge is 0.477 e. The molecule has 3 N–H and O–H groups in total. The minimum absolute atomic E-state index is 0.0177. The molecule has 0 fully saturated rings. The predicted octanol–water partition coefficient (Wildman–Crippen LogP) is 1.45. The van der Waals surface area contributed by atoms with Crippen LogP contribution >= 0.6 is 0 Å². The van der Waals surface area contributed by atoms with Crippen molar-refractivity contribution in [1.29, 1.82) is 0 Å².